The van der Waals surface area contributed by atoms with Gasteiger partial charge in [-0.2, -0.15) is 0 Å². The quantitative estimate of drug-likeness (QED) is 0.153. The monoisotopic (exact) mass is 836 g/mol. The van der Waals surface area contributed by atoms with Gasteiger partial charge in [0, 0.05) is 32.9 Å². The summed E-state index contributed by atoms with van der Waals surface area (Å²) in [6.07, 6.45) is 0. The van der Waals surface area contributed by atoms with Crippen LogP contribution in [0.5, 0.6) is 0 Å². The van der Waals surface area contributed by atoms with E-state index in [1.165, 1.54) is 120 Å². The Morgan fingerprint density at radius 2 is 0.591 bits per heavy atom. The van der Waals surface area contributed by atoms with Crippen LogP contribution in [0.4, 0.5) is 0 Å². The van der Waals surface area contributed by atoms with Crippen molar-refractivity contribution in [3.63, 3.8) is 0 Å². The Morgan fingerprint density at radius 3 is 1.12 bits per heavy atom. The predicted molar refractivity (Wildman–Crippen MR) is 281 cm³/mol. The van der Waals surface area contributed by atoms with Crippen molar-refractivity contribution in [2.45, 2.75) is 0 Å². The number of nitrogens with zero attached hydrogens (tertiary/aromatic N) is 2. The third kappa shape index (κ3) is 5.42. The standard InChI is InChI=1S/C64H40N2/c1-3-22-47-41(16-1)18-14-28-49(47)43-20-13-21-44(38-43)63-55-36-34-46(66-61-32-11-7-26-52(61)53-27-8-12-33-62(53)66)40-58(55)64(54-29-15-19-42-17-2-4-23-48(42)54)56-37-35-45(39-57(56)63)65-59-30-9-5-24-50(59)51-25-6-10-31-60(51)65/h1-40H. The summed E-state index contributed by atoms with van der Waals surface area (Å²) in [6.45, 7) is 0. The molecular formula is C64H40N2. The predicted octanol–water partition coefficient (Wildman–Crippen LogP) is 17.5. The van der Waals surface area contributed by atoms with Crippen LogP contribution in [-0.4, -0.2) is 9.13 Å². The molecule has 0 aliphatic heterocycles. The number of hydrogen-bond donors (Lipinski definition) is 0. The Morgan fingerprint density at radius 1 is 0.212 bits per heavy atom. The molecule has 2 aromatic heterocycles. The number of hydrogen-bond acceptors (Lipinski definition) is 0. The average Bonchev–Trinajstić information content (AvgIpc) is 3.90. The molecule has 0 aliphatic carbocycles. The van der Waals surface area contributed by atoms with Crippen LogP contribution in [0.2, 0.25) is 0 Å². The van der Waals surface area contributed by atoms with E-state index in [4.69, 9.17) is 0 Å². The van der Waals surface area contributed by atoms with Crippen LogP contribution in [0.25, 0.3) is 131 Å². The van der Waals surface area contributed by atoms with Crippen molar-refractivity contribution in [2.24, 2.45) is 0 Å². The van der Waals surface area contributed by atoms with Crippen LogP contribution in [0, 0.1) is 0 Å². The van der Waals surface area contributed by atoms with E-state index in [2.05, 4.69) is 252 Å². The van der Waals surface area contributed by atoms with Gasteiger partial charge in [0.25, 0.3) is 0 Å². The summed E-state index contributed by atoms with van der Waals surface area (Å²) in [7, 11) is 0. The molecule has 0 unspecified atom stereocenters. The Bertz CT molecular complexity index is 4180. The van der Waals surface area contributed by atoms with Crippen molar-refractivity contribution in [1.29, 1.82) is 0 Å². The minimum Gasteiger partial charge on any atom is -0.309 e. The fourth-order valence-electron chi connectivity index (χ4n) is 11.2. The summed E-state index contributed by atoms with van der Waals surface area (Å²) in [5.74, 6) is 0. The molecule has 0 bridgehead atoms. The molecule has 0 spiro atoms. The van der Waals surface area contributed by atoms with Gasteiger partial charge in [-0.25, -0.2) is 0 Å². The summed E-state index contributed by atoms with van der Waals surface area (Å²) >= 11 is 0. The highest BCUT2D eigenvalue weighted by Crippen LogP contribution is 2.48. The van der Waals surface area contributed by atoms with Gasteiger partial charge >= 0.3 is 0 Å². The van der Waals surface area contributed by atoms with Crippen molar-refractivity contribution in [2.75, 3.05) is 0 Å². The largest absolute Gasteiger partial charge is 0.309 e. The summed E-state index contributed by atoms with van der Waals surface area (Å²) in [5.41, 5.74) is 14.4. The second-order valence-electron chi connectivity index (χ2n) is 17.6. The highest BCUT2D eigenvalue weighted by Gasteiger charge is 2.22. The van der Waals surface area contributed by atoms with Gasteiger partial charge in [-0.15, -0.1) is 0 Å². The summed E-state index contributed by atoms with van der Waals surface area (Å²) in [5, 5.41) is 14.8. The topological polar surface area (TPSA) is 9.86 Å². The van der Waals surface area contributed by atoms with Gasteiger partial charge in [-0.1, -0.05) is 188 Å². The van der Waals surface area contributed by atoms with Gasteiger partial charge in [0.05, 0.1) is 22.1 Å². The molecule has 12 aromatic carbocycles. The van der Waals surface area contributed by atoms with Crippen LogP contribution >= 0.6 is 0 Å². The average molecular weight is 837 g/mol. The molecular weight excluding hydrogens is 797 g/mol. The molecule has 0 N–H and O–H groups in total. The Balaban J connectivity index is 1.14. The normalized spacial score (nSPS) is 11.9. The fraction of sp³-hybridized carbons (Fsp3) is 0. The molecule has 14 rings (SSSR count). The number of fused-ring (bicyclic) bond motifs is 10. The molecule has 2 heteroatoms. The minimum absolute atomic E-state index is 1.14. The summed E-state index contributed by atoms with van der Waals surface area (Å²) < 4.78 is 4.90. The number of para-hydroxylation sites is 4. The lowest BCUT2D eigenvalue weighted by atomic mass is 9.83. The SMILES string of the molecule is c1cc(-c2cccc3ccccc23)cc(-c2c3cc(-n4c5ccccc5c5ccccc54)ccc3c(-c3cccc4ccccc34)c3cc(-n4c5ccccc5c5ccccc54)ccc23)c1. The Labute approximate surface area is 381 Å². The van der Waals surface area contributed by atoms with E-state index >= 15 is 0 Å². The van der Waals surface area contributed by atoms with Crippen molar-refractivity contribution in [1.82, 2.24) is 9.13 Å². The third-order valence-electron chi connectivity index (χ3n) is 14.1. The van der Waals surface area contributed by atoms with Gasteiger partial charge < -0.3 is 9.13 Å². The zero-order valence-corrected chi connectivity index (χ0v) is 36.0. The fourth-order valence-corrected chi connectivity index (χ4v) is 11.2. The molecule has 306 valence electrons. The van der Waals surface area contributed by atoms with Crippen molar-refractivity contribution in [3.8, 4) is 44.8 Å². The number of aromatic nitrogens is 2. The maximum atomic E-state index is 2.46. The van der Waals surface area contributed by atoms with E-state index in [9.17, 15) is 0 Å². The van der Waals surface area contributed by atoms with Crippen LogP contribution in [0.3, 0.4) is 0 Å². The summed E-state index contributed by atoms with van der Waals surface area (Å²) in [6, 6.07) is 89.9. The minimum atomic E-state index is 1.14. The first-order chi connectivity index (χ1) is 32.8. The van der Waals surface area contributed by atoms with Gasteiger partial charge in [0.2, 0.25) is 0 Å². The van der Waals surface area contributed by atoms with E-state index in [1.54, 1.807) is 0 Å². The van der Waals surface area contributed by atoms with E-state index in [0.717, 1.165) is 11.4 Å². The van der Waals surface area contributed by atoms with Crippen LogP contribution in [0.1, 0.15) is 0 Å². The van der Waals surface area contributed by atoms with Gasteiger partial charge in [0.15, 0.2) is 0 Å². The lowest BCUT2D eigenvalue weighted by Gasteiger charge is -2.21. The Hall–Kier alpha value is -8.72. The molecule has 0 aliphatic rings. The van der Waals surface area contributed by atoms with Gasteiger partial charge in [-0.05, 0) is 131 Å². The first-order valence-electron chi connectivity index (χ1n) is 22.8. The van der Waals surface area contributed by atoms with Gasteiger partial charge in [0.1, 0.15) is 0 Å². The summed E-state index contributed by atoms with van der Waals surface area (Å²) in [4.78, 5) is 0. The molecule has 0 saturated heterocycles. The van der Waals surface area contributed by atoms with Crippen molar-refractivity contribution < 1.29 is 0 Å². The first-order valence-corrected chi connectivity index (χ1v) is 22.8. The molecule has 0 radical (unpaired) electrons. The zero-order valence-electron chi connectivity index (χ0n) is 36.0. The number of rotatable bonds is 5. The molecule has 0 amide bonds. The van der Waals surface area contributed by atoms with E-state index in [1.807, 2.05) is 0 Å². The molecule has 14 aromatic rings. The van der Waals surface area contributed by atoms with Crippen molar-refractivity contribution >= 4 is 86.7 Å². The second-order valence-corrected chi connectivity index (χ2v) is 17.6. The molecule has 0 fully saturated rings. The molecule has 66 heavy (non-hydrogen) atoms. The number of benzene rings is 12. The highest BCUT2D eigenvalue weighted by atomic mass is 15.0. The molecule has 2 nitrogen and oxygen atoms in total. The smallest absolute Gasteiger partial charge is 0.0541 e. The highest BCUT2D eigenvalue weighted by molar-refractivity contribution is 6.25. The van der Waals surface area contributed by atoms with Gasteiger partial charge in [-0.3, -0.25) is 0 Å². The Kier molecular flexibility index (Phi) is 8.02. The molecule has 0 saturated carbocycles. The lowest BCUT2D eigenvalue weighted by molar-refractivity contribution is 1.18. The van der Waals surface area contributed by atoms with Crippen LogP contribution in [-0.2, 0) is 0 Å². The molecule has 0 atom stereocenters. The first kappa shape index (κ1) is 36.7. The van der Waals surface area contributed by atoms with Crippen molar-refractivity contribution in [3.05, 3.63) is 243 Å². The third-order valence-corrected chi connectivity index (χ3v) is 14.1. The van der Waals surface area contributed by atoms with Crippen LogP contribution in [0.15, 0.2) is 243 Å². The van der Waals surface area contributed by atoms with Crippen LogP contribution < -0.4 is 0 Å². The maximum Gasteiger partial charge on any atom is 0.0541 e. The maximum absolute atomic E-state index is 2.46. The van der Waals surface area contributed by atoms with E-state index in [0.29, 0.717) is 0 Å². The second kappa shape index (κ2) is 14.4. The van der Waals surface area contributed by atoms with E-state index < -0.39 is 0 Å². The lowest BCUT2D eigenvalue weighted by Crippen LogP contribution is -1.98. The zero-order chi connectivity index (χ0) is 43.3. The van der Waals surface area contributed by atoms with E-state index in [-0.39, 0.29) is 0 Å². The molecule has 2 heterocycles.